The molecule has 2 rings (SSSR count). The van der Waals surface area contributed by atoms with E-state index in [0.29, 0.717) is 24.6 Å². The van der Waals surface area contributed by atoms with Crippen LogP contribution < -0.4 is 4.18 Å². The standard InChI is InChI=1S/C22H26N2O6S/c1-17(2)14-15-23(16-19-6-11-21(12-7-19)30-31(3,28)29)22(25)13-8-18-4-9-20(10-5-18)24(26)27/h4-13,17H,14-16H2,1-3H3/b13-8+. The van der Waals surface area contributed by atoms with Crippen LogP contribution in [-0.2, 0) is 21.5 Å². The van der Waals surface area contributed by atoms with Crippen molar-refractivity contribution in [1.82, 2.24) is 4.90 Å². The van der Waals surface area contributed by atoms with Crippen molar-refractivity contribution in [3.8, 4) is 5.75 Å². The maximum Gasteiger partial charge on any atom is 0.306 e. The number of nitrogens with zero attached hydrogens (tertiary/aromatic N) is 2. The number of carbonyl (C=O) groups excluding carboxylic acids is 1. The van der Waals surface area contributed by atoms with Gasteiger partial charge in [-0.15, -0.1) is 0 Å². The van der Waals surface area contributed by atoms with E-state index in [0.717, 1.165) is 18.2 Å². The molecule has 0 aliphatic rings. The smallest absolute Gasteiger partial charge is 0.306 e. The molecule has 0 atom stereocenters. The molecule has 0 fully saturated rings. The molecule has 0 bridgehead atoms. The van der Waals surface area contributed by atoms with Gasteiger partial charge in [0.1, 0.15) is 5.75 Å². The van der Waals surface area contributed by atoms with Crippen molar-refractivity contribution in [1.29, 1.82) is 0 Å². The Kier molecular flexibility index (Phi) is 8.32. The van der Waals surface area contributed by atoms with Crippen LogP contribution in [0.2, 0.25) is 0 Å². The first-order valence-corrected chi connectivity index (χ1v) is 11.5. The minimum atomic E-state index is -3.60. The van der Waals surface area contributed by atoms with Crippen LogP contribution in [0, 0.1) is 16.0 Å². The number of hydrogen-bond donors (Lipinski definition) is 0. The Labute approximate surface area is 182 Å². The van der Waals surface area contributed by atoms with Crippen molar-refractivity contribution < 1.29 is 22.3 Å². The molecule has 0 saturated carbocycles. The predicted molar refractivity (Wildman–Crippen MR) is 119 cm³/mol. The summed E-state index contributed by atoms with van der Waals surface area (Å²) >= 11 is 0. The molecule has 9 heteroatoms. The Morgan fingerprint density at radius 1 is 1.13 bits per heavy atom. The normalized spacial score (nSPS) is 11.6. The molecular weight excluding hydrogens is 420 g/mol. The highest BCUT2D eigenvalue weighted by atomic mass is 32.2. The summed E-state index contributed by atoms with van der Waals surface area (Å²) in [5.74, 6) is 0.444. The summed E-state index contributed by atoms with van der Waals surface area (Å²) in [6.45, 7) is 5.07. The van der Waals surface area contributed by atoms with Gasteiger partial charge < -0.3 is 9.08 Å². The third kappa shape index (κ3) is 8.59. The lowest BCUT2D eigenvalue weighted by Gasteiger charge is -2.22. The number of amides is 1. The van der Waals surface area contributed by atoms with Gasteiger partial charge in [-0.05, 0) is 53.8 Å². The molecule has 0 aliphatic carbocycles. The number of nitro benzene ring substituents is 1. The van der Waals surface area contributed by atoms with Crippen LogP contribution in [0.5, 0.6) is 5.75 Å². The average molecular weight is 447 g/mol. The van der Waals surface area contributed by atoms with Crippen LogP contribution in [0.1, 0.15) is 31.4 Å². The fourth-order valence-corrected chi connectivity index (χ4v) is 3.17. The number of nitro groups is 1. The van der Waals surface area contributed by atoms with E-state index in [1.165, 1.54) is 18.2 Å². The third-order valence-corrected chi connectivity index (χ3v) is 4.85. The van der Waals surface area contributed by atoms with Gasteiger partial charge in [-0.25, -0.2) is 0 Å². The van der Waals surface area contributed by atoms with E-state index in [1.54, 1.807) is 47.4 Å². The summed E-state index contributed by atoms with van der Waals surface area (Å²) < 4.78 is 27.3. The molecule has 0 unspecified atom stereocenters. The number of non-ortho nitro benzene ring substituents is 1. The van der Waals surface area contributed by atoms with Crippen molar-refractivity contribution in [2.75, 3.05) is 12.8 Å². The monoisotopic (exact) mass is 446 g/mol. The van der Waals surface area contributed by atoms with E-state index in [2.05, 4.69) is 13.8 Å². The Hall–Kier alpha value is -3.20. The molecule has 31 heavy (non-hydrogen) atoms. The molecule has 2 aromatic carbocycles. The second-order valence-electron chi connectivity index (χ2n) is 7.56. The van der Waals surface area contributed by atoms with Crippen molar-refractivity contribution in [3.05, 3.63) is 75.8 Å². The van der Waals surface area contributed by atoms with E-state index < -0.39 is 15.0 Å². The first-order valence-electron chi connectivity index (χ1n) is 9.73. The Morgan fingerprint density at radius 3 is 2.26 bits per heavy atom. The van der Waals surface area contributed by atoms with Crippen LogP contribution in [0.25, 0.3) is 6.08 Å². The van der Waals surface area contributed by atoms with Gasteiger partial charge in [-0.1, -0.05) is 26.0 Å². The van der Waals surface area contributed by atoms with E-state index in [-0.39, 0.29) is 17.3 Å². The minimum Gasteiger partial charge on any atom is -0.383 e. The van der Waals surface area contributed by atoms with Crippen molar-refractivity contribution >= 4 is 27.8 Å². The Morgan fingerprint density at radius 2 is 1.74 bits per heavy atom. The van der Waals surface area contributed by atoms with E-state index >= 15 is 0 Å². The second-order valence-corrected chi connectivity index (χ2v) is 9.13. The van der Waals surface area contributed by atoms with Gasteiger partial charge in [0.2, 0.25) is 5.91 Å². The van der Waals surface area contributed by atoms with Crippen LogP contribution in [0.3, 0.4) is 0 Å². The Bertz CT molecular complexity index is 1030. The first-order chi connectivity index (χ1) is 14.5. The quantitative estimate of drug-likeness (QED) is 0.236. The number of hydrogen-bond acceptors (Lipinski definition) is 6. The summed E-state index contributed by atoms with van der Waals surface area (Å²) in [4.78, 5) is 24.8. The summed E-state index contributed by atoms with van der Waals surface area (Å²) in [6.07, 6.45) is 4.87. The lowest BCUT2D eigenvalue weighted by atomic mass is 10.1. The highest BCUT2D eigenvalue weighted by Gasteiger charge is 2.13. The van der Waals surface area contributed by atoms with Crippen molar-refractivity contribution in [2.45, 2.75) is 26.8 Å². The molecule has 8 nitrogen and oxygen atoms in total. The van der Waals surface area contributed by atoms with Crippen molar-refractivity contribution in [3.63, 3.8) is 0 Å². The van der Waals surface area contributed by atoms with E-state index in [4.69, 9.17) is 4.18 Å². The van der Waals surface area contributed by atoms with Crippen molar-refractivity contribution in [2.24, 2.45) is 5.92 Å². The van der Waals surface area contributed by atoms with Crippen LogP contribution >= 0.6 is 0 Å². The van der Waals surface area contributed by atoms with Crippen LogP contribution in [0.4, 0.5) is 5.69 Å². The number of benzene rings is 2. The highest BCUT2D eigenvalue weighted by molar-refractivity contribution is 7.86. The third-order valence-electron chi connectivity index (χ3n) is 4.35. The van der Waals surface area contributed by atoms with E-state index in [1.807, 2.05) is 0 Å². The largest absolute Gasteiger partial charge is 0.383 e. The second kappa shape index (κ2) is 10.7. The van der Waals surface area contributed by atoms with Gasteiger partial charge in [0.05, 0.1) is 11.2 Å². The molecule has 0 radical (unpaired) electrons. The number of rotatable bonds is 10. The van der Waals surface area contributed by atoms with Gasteiger partial charge in [-0.3, -0.25) is 14.9 Å². The maximum atomic E-state index is 12.8. The van der Waals surface area contributed by atoms with Crippen LogP contribution in [0.15, 0.2) is 54.6 Å². The molecule has 2 aromatic rings. The molecular formula is C22H26N2O6S. The highest BCUT2D eigenvalue weighted by Crippen LogP contribution is 2.17. The molecule has 0 N–H and O–H groups in total. The summed E-state index contributed by atoms with van der Waals surface area (Å²) in [6, 6.07) is 12.5. The zero-order valence-electron chi connectivity index (χ0n) is 17.7. The van der Waals surface area contributed by atoms with Gasteiger partial charge >= 0.3 is 10.1 Å². The van der Waals surface area contributed by atoms with Crippen LogP contribution in [-0.4, -0.2) is 36.9 Å². The molecule has 0 saturated heterocycles. The summed E-state index contributed by atoms with van der Waals surface area (Å²) in [5.41, 5.74) is 1.51. The van der Waals surface area contributed by atoms with Gasteiger partial charge in [0.15, 0.2) is 0 Å². The molecule has 0 aromatic heterocycles. The molecule has 1 amide bonds. The zero-order valence-corrected chi connectivity index (χ0v) is 18.5. The minimum absolute atomic E-state index is 0.00895. The molecule has 0 spiro atoms. The topological polar surface area (TPSA) is 107 Å². The first kappa shape index (κ1) is 24.1. The van der Waals surface area contributed by atoms with Gasteiger partial charge in [-0.2, -0.15) is 8.42 Å². The number of carbonyl (C=O) groups is 1. The summed E-state index contributed by atoms with van der Waals surface area (Å²) in [5, 5.41) is 10.7. The fourth-order valence-electron chi connectivity index (χ4n) is 2.71. The fraction of sp³-hybridized carbons (Fsp3) is 0.318. The SMILES string of the molecule is CC(C)CCN(Cc1ccc(OS(C)(=O)=O)cc1)C(=O)/C=C/c1ccc([N+](=O)[O-])cc1. The van der Waals surface area contributed by atoms with Gasteiger partial charge in [0, 0.05) is 31.3 Å². The Balaban J connectivity index is 2.11. The zero-order chi connectivity index (χ0) is 23.0. The van der Waals surface area contributed by atoms with E-state index in [9.17, 15) is 23.3 Å². The lowest BCUT2D eigenvalue weighted by molar-refractivity contribution is -0.384. The summed E-state index contributed by atoms with van der Waals surface area (Å²) in [7, 11) is -3.60. The average Bonchev–Trinajstić information content (AvgIpc) is 2.69. The molecule has 0 heterocycles. The van der Waals surface area contributed by atoms with Gasteiger partial charge in [0.25, 0.3) is 5.69 Å². The predicted octanol–water partition coefficient (Wildman–Crippen LogP) is 4.02. The molecule has 0 aliphatic heterocycles. The lowest BCUT2D eigenvalue weighted by Crippen LogP contribution is -2.30. The maximum absolute atomic E-state index is 12.8. The molecule has 166 valence electrons.